The molecule has 2 rings (SSSR count). The van der Waals surface area contributed by atoms with Gasteiger partial charge < -0.3 is 10.1 Å². The Balaban J connectivity index is 2.16. The molecule has 1 N–H and O–H groups in total. The maximum Gasteiger partial charge on any atom is 0.0744 e. The Kier molecular flexibility index (Phi) is 5.90. The van der Waals surface area contributed by atoms with Crippen molar-refractivity contribution in [3.8, 4) is 0 Å². The number of nitrogens with one attached hydrogen (secondary N) is 1. The van der Waals surface area contributed by atoms with Crippen LogP contribution < -0.4 is 5.32 Å². The van der Waals surface area contributed by atoms with Gasteiger partial charge in [-0.05, 0) is 29.8 Å². The van der Waals surface area contributed by atoms with Gasteiger partial charge >= 0.3 is 0 Å². The minimum atomic E-state index is 0.561. The van der Waals surface area contributed by atoms with Crippen LogP contribution in [0.2, 0.25) is 5.02 Å². The lowest BCUT2D eigenvalue weighted by atomic mass is 10.1. The van der Waals surface area contributed by atoms with Gasteiger partial charge in [-0.15, -0.1) is 0 Å². The molecule has 2 nitrogen and oxygen atoms in total. The van der Waals surface area contributed by atoms with Crippen molar-refractivity contribution in [1.29, 1.82) is 0 Å². The molecule has 0 aliphatic rings. The van der Waals surface area contributed by atoms with Gasteiger partial charge in [0.2, 0.25) is 0 Å². The van der Waals surface area contributed by atoms with Crippen molar-refractivity contribution in [2.24, 2.45) is 0 Å². The average Bonchev–Trinajstić information content (AvgIpc) is 2.41. The number of halogens is 3. The summed E-state index contributed by atoms with van der Waals surface area (Å²) >= 11 is 13.0. The van der Waals surface area contributed by atoms with Crippen LogP contribution in [0.15, 0.2) is 45.3 Å². The molecule has 0 bridgehead atoms. The summed E-state index contributed by atoms with van der Waals surface area (Å²) in [6, 6.07) is 11.9. The van der Waals surface area contributed by atoms with Gasteiger partial charge in [0.1, 0.15) is 0 Å². The van der Waals surface area contributed by atoms with Gasteiger partial charge in [-0.3, -0.25) is 0 Å². The molecule has 0 radical (unpaired) electrons. The van der Waals surface area contributed by atoms with E-state index in [9.17, 15) is 0 Å². The van der Waals surface area contributed by atoms with Gasteiger partial charge in [-0.2, -0.15) is 0 Å². The van der Waals surface area contributed by atoms with Gasteiger partial charge in [-0.1, -0.05) is 55.6 Å². The standard InChI is InChI=1S/C15H14Br2ClNO/c1-20-9-12-13(16)3-2-4-15(12)19-8-10-5-6-11(18)7-14(10)17/h2-7,19H,8-9H2,1H3. The SMILES string of the molecule is COCc1c(Br)cccc1NCc1ccc(Cl)cc1Br. The molecular formula is C15H14Br2ClNO. The lowest BCUT2D eigenvalue weighted by molar-refractivity contribution is 0.185. The number of ether oxygens (including phenoxy) is 1. The topological polar surface area (TPSA) is 21.3 Å². The van der Waals surface area contributed by atoms with E-state index in [2.05, 4.69) is 37.2 Å². The molecule has 0 fully saturated rings. The normalized spacial score (nSPS) is 10.6. The van der Waals surface area contributed by atoms with Gasteiger partial charge in [0, 0.05) is 38.9 Å². The molecule has 106 valence electrons. The van der Waals surface area contributed by atoms with Crippen LogP contribution in [0.4, 0.5) is 5.69 Å². The minimum absolute atomic E-state index is 0.561. The first kappa shape index (κ1) is 15.8. The third-order valence-corrected chi connectivity index (χ3v) is 4.61. The van der Waals surface area contributed by atoms with Crippen LogP contribution in [-0.4, -0.2) is 7.11 Å². The number of methoxy groups -OCH3 is 1. The zero-order valence-corrected chi connectivity index (χ0v) is 14.8. The summed E-state index contributed by atoms with van der Waals surface area (Å²) in [4.78, 5) is 0. The molecular weight excluding hydrogens is 405 g/mol. The first-order valence-corrected chi connectivity index (χ1v) is 8.02. The van der Waals surface area contributed by atoms with Gasteiger partial charge in [0.05, 0.1) is 6.61 Å². The van der Waals surface area contributed by atoms with Crippen molar-refractivity contribution in [2.45, 2.75) is 13.2 Å². The molecule has 0 aliphatic heterocycles. The van der Waals surface area contributed by atoms with Crippen molar-refractivity contribution in [1.82, 2.24) is 0 Å². The zero-order chi connectivity index (χ0) is 14.5. The Morgan fingerprint density at radius 1 is 1.15 bits per heavy atom. The molecule has 0 saturated carbocycles. The van der Waals surface area contributed by atoms with Crippen LogP contribution in [0.3, 0.4) is 0 Å². The second-order valence-electron chi connectivity index (χ2n) is 4.29. The predicted octanol–water partition coefficient (Wildman–Crippen LogP) is 5.62. The molecule has 20 heavy (non-hydrogen) atoms. The Labute approximate surface area is 140 Å². The van der Waals surface area contributed by atoms with Crippen LogP contribution in [0, 0.1) is 0 Å². The Bertz CT molecular complexity index is 604. The molecule has 5 heteroatoms. The van der Waals surface area contributed by atoms with Crippen molar-refractivity contribution < 1.29 is 4.74 Å². The maximum absolute atomic E-state index is 5.95. The molecule has 0 aromatic heterocycles. The van der Waals surface area contributed by atoms with Crippen molar-refractivity contribution in [2.75, 3.05) is 12.4 Å². The highest BCUT2D eigenvalue weighted by atomic mass is 79.9. The summed E-state index contributed by atoms with van der Waals surface area (Å²) < 4.78 is 7.29. The van der Waals surface area contributed by atoms with E-state index in [0.29, 0.717) is 13.2 Å². The van der Waals surface area contributed by atoms with Gasteiger partial charge in [0.15, 0.2) is 0 Å². The quantitative estimate of drug-likeness (QED) is 0.679. The summed E-state index contributed by atoms with van der Waals surface area (Å²) in [7, 11) is 1.69. The summed E-state index contributed by atoms with van der Waals surface area (Å²) in [5.41, 5.74) is 3.32. The summed E-state index contributed by atoms with van der Waals surface area (Å²) in [6.07, 6.45) is 0. The largest absolute Gasteiger partial charge is 0.381 e. The summed E-state index contributed by atoms with van der Waals surface area (Å²) in [6.45, 7) is 1.27. The molecule has 2 aromatic rings. The molecule has 0 aliphatic carbocycles. The highest BCUT2D eigenvalue weighted by Crippen LogP contribution is 2.27. The maximum atomic E-state index is 5.95. The second-order valence-corrected chi connectivity index (χ2v) is 6.43. The summed E-state index contributed by atoms with van der Waals surface area (Å²) in [5.74, 6) is 0. The van der Waals surface area contributed by atoms with Crippen molar-refractivity contribution in [3.05, 3.63) is 61.5 Å². The molecule has 2 aromatic carbocycles. The van der Waals surface area contributed by atoms with Gasteiger partial charge in [0.25, 0.3) is 0 Å². The molecule has 0 spiro atoms. The Morgan fingerprint density at radius 3 is 2.65 bits per heavy atom. The number of hydrogen-bond donors (Lipinski definition) is 1. The fourth-order valence-electron chi connectivity index (χ4n) is 1.87. The van der Waals surface area contributed by atoms with Crippen molar-refractivity contribution in [3.63, 3.8) is 0 Å². The highest BCUT2D eigenvalue weighted by Gasteiger charge is 2.07. The molecule has 0 atom stereocenters. The van der Waals surface area contributed by atoms with Crippen LogP contribution in [0.5, 0.6) is 0 Å². The number of rotatable bonds is 5. The number of hydrogen-bond acceptors (Lipinski definition) is 2. The second kappa shape index (κ2) is 7.46. The smallest absolute Gasteiger partial charge is 0.0744 e. The molecule has 0 heterocycles. The van der Waals surface area contributed by atoms with Crippen LogP contribution in [-0.2, 0) is 17.9 Å². The van der Waals surface area contributed by atoms with E-state index in [4.69, 9.17) is 16.3 Å². The number of benzene rings is 2. The van der Waals surface area contributed by atoms with E-state index >= 15 is 0 Å². The van der Waals surface area contributed by atoms with Crippen molar-refractivity contribution >= 4 is 49.1 Å². The molecule has 0 saturated heterocycles. The van der Waals surface area contributed by atoms with E-state index in [1.54, 1.807) is 7.11 Å². The monoisotopic (exact) mass is 417 g/mol. The van der Waals surface area contributed by atoms with E-state index in [0.717, 1.165) is 30.8 Å². The first-order chi connectivity index (χ1) is 9.61. The van der Waals surface area contributed by atoms with Crippen LogP contribution >= 0.6 is 43.5 Å². The molecule has 0 amide bonds. The van der Waals surface area contributed by atoms with E-state index in [1.807, 2.05) is 36.4 Å². The Hall–Kier alpha value is -0.550. The highest BCUT2D eigenvalue weighted by molar-refractivity contribution is 9.10. The minimum Gasteiger partial charge on any atom is -0.381 e. The van der Waals surface area contributed by atoms with Crippen LogP contribution in [0.25, 0.3) is 0 Å². The first-order valence-electron chi connectivity index (χ1n) is 6.06. The summed E-state index contributed by atoms with van der Waals surface area (Å²) in [5, 5.41) is 4.16. The van der Waals surface area contributed by atoms with E-state index in [-0.39, 0.29) is 0 Å². The average molecular weight is 420 g/mol. The lowest BCUT2D eigenvalue weighted by Gasteiger charge is -2.14. The number of anilines is 1. The Morgan fingerprint density at radius 2 is 1.95 bits per heavy atom. The third-order valence-electron chi connectivity index (χ3n) is 2.89. The zero-order valence-electron chi connectivity index (χ0n) is 10.9. The fraction of sp³-hybridized carbons (Fsp3) is 0.200. The van der Waals surface area contributed by atoms with E-state index < -0.39 is 0 Å². The van der Waals surface area contributed by atoms with Crippen LogP contribution in [0.1, 0.15) is 11.1 Å². The predicted molar refractivity (Wildman–Crippen MR) is 91.3 cm³/mol. The van der Waals surface area contributed by atoms with E-state index in [1.165, 1.54) is 0 Å². The van der Waals surface area contributed by atoms with Gasteiger partial charge in [-0.25, -0.2) is 0 Å². The molecule has 0 unspecified atom stereocenters. The fourth-order valence-corrected chi connectivity index (χ4v) is 3.17. The third kappa shape index (κ3) is 3.98. The lowest BCUT2D eigenvalue weighted by Crippen LogP contribution is -2.04.